The summed E-state index contributed by atoms with van der Waals surface area (Å²) in [6.45, 7) is 0.485. The number of pyridine rings is 1. The number of halogens is 1. The molecule has 0 spiro atoms. The van der Waals surface area contributed by atoms with Crippen molar-refractivity contribution in [2.24, 2.45) is 0 Å². The number of anilines is 2. The number of nitrogens with one attached hydrogen (secondary N) is 2. The molecule has 0 aliphatic rings. The minimum absolute atomic E-state index is 0.288. The molecule has 1 aromatic carbocycles. The van der Waals surface area contributed by atoms with E-state index in [0.717, 1.165) is 10.2 Å². The summed E-state index contributed by atoms with van der Waals surface area (Å²) in [6, 6.07) is 14.6. The Morgan fingerprint density at radius 3 is 2.58 bits per heavy atom. The average Bonchev–Trinajstić information content (AvgIpc) is 2.63. The summed E-state index contributed by atoms with van der Waals surface area (Å²) in [6.07, 6.45) is 3.27. The molecule has 2 N–H and O–H groups in total. The lowest BCUT2D eigenvalue weighted by atomic mass is 10.3. The van der Waals surface area contributed by atoms with E-state index in [-0.39, 0.29) is 11.6 Å². The van der Waals surface area contributed by atoms with Gasteiger partial charge in [-0.15, -0.1) is 0 Å². The lowest BCUT2D eigenvalue weighted by molar-refractivity contribution is 0.102. The highest BCUT2D eigenvalue weighted by Crippen LogP contribution is 2.15. The number of carbonyl (C=O) groups excluding carboxylic acids is 1. The van der Waals surface area contributed by atoms with Crippen molar-refractivity contribution in [1.82, 2.24) is 15.0 Å². The number of hydrogen-bond donors (Lipinski definition) is 2. The van der Waals surface area contributed by atoms with Gasteiger partial charge in [0, 0.05) is 22.6 Å². The molecule has 3 rings (SSSR count). The molecule has 2 heterocycles. The van der Waals surface area contributed by atoms with Gasteiger partial charge in [-0.25, -0.2) is 9.97 Å². The van der Waals surface area contributed by atoms with Gasteiger partial charge in [0.1, 0.15) is 5.69 Å². The molecule has 24 heavy (non-hydrogen) atoms. The number of carbonyl (C=O) groups is 1. The molecule has 2 aromatic heterocycles. The van der Waals surface area contributed by atoms with Crippen molar-refractivity contribution in [2.75, 3.05) is 10.6 Å². The molecule has 120 valence electrons. The second-order valence-electron chi connectivity index (χ2n) is 4.90. The van der Waals surface area contributed by atoms with Gasteiger partial charge in [0.2, 0.25) is 5.95 Å². The molecule has 0 saturated carbocycles. The number of aromatic nitrogens is 3. The van der Waals surface area contributed by atoms with Gasteiger partial charge in [-0.2, -0.15) is 0 Å². The second-order valence-corrected chi connectivity index (χ2v) is 5.82. The molecule has 0 fully saturated rings. The van der Waals surface area contributed by atoms with E-state index in [1.165, 1.54) is 0 Å². The Hall–Kier alpha value is -2.80. The Morgan fingerprint density at radius 2 is 1.83 bits per heavy atom. The number of amides is 1. The zero-order valence-electron chi connectivity index (χ0n) is 12.6. The van der Waals surface area contributed by atoms with Crippen molar-refractivity contribution in [1.29, 1.82) is 0 Å². The highest BCUT2D eigenvalue weighted by atomic mass is 79.9. The van der Waals surface area contributed by atoms with Crippen molar-refractivity contribution < 1.29 is 4.79 Å². The fourth-order valence-electron chi connectivity index (χ4n) is 1.97. The molecule has 7 heteroatoms. The van der Waals surface area contributed by atoms with E-state index in [0.29, 0.717) is 18.2 Å². The Bertz CT molecular complexity index is 824. The lowest BCUT2D eigenvalue weighted by Gasteiger charge is -2.07. The van der Waals surface area contributed by atoms with Crippen molar-refractivity contribution in [3.8, 4) is 0 Å². The van der Waals surface area contributed by atoms with E-state index < -0.39 is 0 Å². The molecule has 0 aliphatic carbocycles. The van der Waals surface area contributed by atoms with Crippen LogP contribution in [0.25, 0.3) is 0 Å². The van der Waals surface area contributed by atoms with Crippen molar-refractivity contribution >= 4 is 33.5 Å². The largest absolute Gasteiger partial charge is 0.349 e. The van der Waals surface area contributed by atoms with Crippen LogP contribution in [0.5, 0.6) is 0 Å². The van der Waals surface area contributed by atoms with Gasteiger partial charge in [0.15, 0.2) is 0 Å². The highest BCUT2D eigenvalue weighted by molar-refractivity contribution is 9.10. The third-order valence-electron chi connectivity index (χ3n) is 3.14. The molecule has 0 atom stereocenters. The van der Waals surface area contributed by atoms with Crippen LogP contribution < -0.4 is 10.6 Å². The fourth-order valence-corrected chi connectivity index (χ4v) is 2.24. The van der Waals surface area contributed by atoms with Crippen LogP contribution >= 0.6 is 15.9 Å². The first-order valence-electron chi connectivity index (χ1n) is 7.24. The van der Waals surface area contributed by atoms with Crippen LogP contribution in [0.4, 0.5) is 11.6 Å². The summed E-state index contributed by atoms with van der Waals surface area (Å²) < 4.78 is 0.948. The van der Waals surface area contributed by atoms with Gasteiger partial charge < -0.3 is 10.6 Å². The number of benzene rings is 1. The summed E-state index contributed by atoms with van der Waals surface area (Å²) in [5.41, 5.74) is 1.85. The van der Waals surface area contributed by atoms with E-state index in [4.69, 9.17) is 0 Å². The fraction of sp³-hybridized carbons (Fsp3) is 0.0588. The lowest BCUT2D eigenvalue weighted by Crippen LogP contribution is -2.15. The van der Waals surface area contributed by atoms with E-state index in [1.54, 1.807) is 18.5 Å². The first-order chi connectivity index (χ1) is 11.7. The number of nitrogens with zero attached hydrogens (tertiary/aromatic N) is 3. The zero-order chi connectivity index (χ0) is 16.8. The summed E-state index contributed by atoms with van der Waals surface area (Å²) >= 11 is 3.36. The minimum atomic E-state index is -0.291. The van der Waals surface area contributed by atoms with Crippen LogP contribution in [-0.4, -0.2) is 20.9 Å². The predicted octanol–water partition coefficient (Wildman–Crippen LogP) is 3.50. The highest BCUT2D eigenvalue weighted by Gasteiger charge is 2.09. The predicted molar refractivity (Wildman–Crippen MR) is 95.7 cm³/mol. The molecule has 3 aromatic rings. The molecule has 0 radical (unpaired) electrons. The van der Waals surface area contributed by atoms with Crippen molar-refractivity contribution in [3.63, 3.8) is 0 Å². The Kier molecular flexibility index (Phi) is 5.12. The summed E-state index contributed by atoms with van der Waals surface area (Å²) in [4.78, 5) is 24.8. The zero-order valence-corrected chi connectivity index (χ0v) is 14.2. The minimum Gasteiger partial charge on any atom is -0.349 e. The van der Waals surface area contributed by atoms with Crippen molar-refractivity contribution in [2.45, 2.75) is 6.54 Å². The van der Waals surface area contributed by atoms with Crippen LogP contribution in [0.2, 0.25) is 0 Å². The van der Waals surface area contributed by atoms with Gasteiger partial charge in [0.25, 0.3) is 5.91 Å². The third-order valence-corrected chi connectivity index (χ3v) is 3.67. The van der Waals surface area contributed by atoms with Gasteiger partial charge in [-0.3, -0.25) is 9.78 Å². The third kappa shape index (κ3) is 4.36. The van der Waals surface area contributed by atoms with Gasteiger partial charge in [-0.05, 0) is 42.5 Å². The summed E-state index contributed by atoms with van der Waals surface area (Å²) in [5.74, 6) is 0.0877. The molecule has 0 saturated heterocycles. The molecule has 1 amide bonds. The maximum absolute atomic E-state index is 12.3. The maximum Gasteiger partial charge on any atom is 0.274 e. The van der Waals surface area contributed by atoms with Crippen LogP contribution in [0.3, 0.4) is 0 Å². The van der Waals surface area contributed by atoms with Crippen LogP contribution in [0, 0.1) is 0 Å². The number of rotatable bonds is 5. The molecule has 0 bridgehead atoms. The number of hydrogen-bond acceptors (Lipinski definition) is 5. The molecule has 6 nitrogen and oxygen atoms in total. The SMILES string of the molecule is O=C(Nc1ccc(Br)cc1)c1ccnc(NCc2ccccn2)n1. The molecular formula is C17H14BrN5O. The quantitative estimate of drug-likeness (QED) is 0.704. The van der Waals surface area contributed by atoms with Crippen LogP contribution in [0.15, 0.2) is 65.4 Å². The van der Waals surface area contributed by atoms with E-state index in [9.17, 15) is 4.79 Å². The average molecular weight is 384 g/mol. The standard InChI is InChI=1S/C17H14BrN5O/c18-12-4-6-13(7-5-12)22-16(24)15-8-10-20-17(23-15)21-11-14-3-1-2-9-19-14/h1-10H,11H2,(H,22,24)(H,20,21,23). The Balaban J connectivity index is 1.65. The topological polar surface area (TPSA) is 79.8 Å². The molecular weight excluding hydrogens is 370 g/mol. The molecule has 0 unspecified atom stereocenters. The Morgan fingerprint density at radius 1 is 1.00 bits per heavy atom. The van der Waals surface area contributed by atoms with Crippen LogP contribution in [-0.2, 0) is 6.54 Å². The molecule has 0 aliphatic heterocycles. The smallest absolute Gasteiger partial charge is 0.274 e. The van der Waals surface area contributed by atoms with Crippen LogP contribution in [0.1, 0.15) is 16.2 Å². The monoisotopic (exact) mass is 383 g/mol. The van der Waals surface area contributed by atoms with Gasteiger partial charge in [-0.1, -0.05) is 22.0 Å². The maximum atomic E-state index is 12.3. The van der Waals surface area contributed by atoms with E-state index in [1.807, 2.05) is 42.5 Å². The summed E-state index contributed by atoms with van der Waals surface area (Å²) in [5, 5.41) is 5.85. The van der Waals surface area contributed by atoms with Crippen molar-refractivity contribution in [3.05, 3.63) is 76.8 Å². The second kappa shape index (κ2) is 7.65. The summed E-state index contributed by atoms with van der Waals surface area (Å²) in [7, 11) is 0. The normalized spacial score (nSPS) is 10.2. The van der Waals surface area contributed by atoms with E-state index in [2.05, 4.69) is 41.5 Å². The Labute approximate surface area is 147 Å². The van der Waals surface area contributed by atoms with Gasteiger partial charge >= 0.3 is 0 Å². The van der Waals surface area contributed by atoms with E-state index >= 15 is 0 Å². The first kappa shape index (κ1) is 16.1. The van der Waals surface area contributed by atoms with Gasteiger partial charge in [0.05, 0.1) is 12.2 Å². The first-order valence-corrected chi connectivity index (χ1v) is 8.04.